The number of nitrogens with zero attached hydrogens (tertiary/aromatic N) is 1. The van der Waals surface area contributed by atoms with E-state index in [0.717, 1.165) is 25.8 Å². The van der Waals surface area contributed by atoms with Gasteiger partial charge in [0.05, 0.1) is 0 Å². The molecule has 1 fully saturated rings. The monoisotopic (exact) mass is 260 g/mol. The number of hydrogen-bond donors (Lipinski definition) is 1. The van der Waals surface area contributed by atoms with E-state index >= 15 is 0 Å². The second-order valence-corrected chi connectivity index (χ2v) is 5.87. The Hall–Kier alpha value is -1.35. The van der Waals surface area contributed by atoms with Crippen molar-refractivity contribution in [3.8, 4) is 0 Å². The molecule has 2 rings (SSSR count). The van der Waals surface area contributed by atoms with Gasteiger partial charge in [0.2, 0.25) is 5.91 Å². The first-order valence-corrected chi connectivity index (χ1v) is 7.04. The largest absolute Gasteiger partial charge is 0.345 e. The van der Waals surface area contributed by atoms with E-state index < -0.39 is 0 Å². The number of carbonyl (C=O) groups excluding carboxylic acids is 1. The zero-order chi connectivity index (χ0) is 14.0. The fourth-order valence-electron chi connectivity index (χ4n) is 2.70. The maximum absolute atomic E-state index is 12.1. The van der Waals surface area contributed by atoms with Gasteiger partial charge in [0.25, 0.3) is 0 Å². The molecule has 1 amide bonds. The predicted octanol–water partition coefficient (Wildman–Crippen LogP) is 2.04. The summed E-state index contributed by atoms with van der Waals surface area (Å²) in [4.78, 5) is 14.0. The summed E-state index contributed by atoms with van der Waals surface area (Å²) in [6.07, 6.45) is 2.63. The average Bonchev–Trinajstić information content (AvgIpc) is 2.32. The van der Waals surface area contributed by atoms with Gasteiger partial charge in [0, 0.05) is 25.6 Å². The quantitative estimate of drug-likeness (QED) is 0.900. The Labute approximate surface area is 115 Å². The number of nitrogens with two attached hydrogens (primary N) is 1. The molecule has 19 heavy (non-hydrogen) atoms. The van der Waals surface area contributed by atoms with Gasteiger partial charge < -0.3 is 10.6 Å². The zero-order valence-corrected chi connectivity index (χ0v) is 12.1. The number of amides is 1. The van der Waals surface area contributed by atoms with Crippen molar-refractivity contribution in [3.05, 3.63) is 34.9 Å². The van der Waals surface area contributed by atoms with Crippen molar-refractivity contribution in [1.29, 1.82) is 0 Å². The van der Waals surface area contributed by atoms with Gasteiger partial charge in [-0.05, 0) is 44.2 Å². The number of likely N-dealkylation sites (N-methyl/N-ethyl adjacent to an activating group) is 1. The molecule has 0 bridgehead atoms. The van der Waals surface area contributed by atoms with Crippen molar-refractivity contribution in [2.45, 2.75) is 39.2 Å². The molecule has 1 aliphatic rings. The van der Waals surface area contributed by atoms with E-state index in [-0.39, 0.29) is 17.9 Å². The summed E-state index contributed by atoms with van der Waals surface area (Å²) < 4.78 is 0. The van der Waals surface area contributed by atoms with Crippen LogP contribution >= 0.6 is 0 Å². The molecule has 0 heterocycles. The Balaban J connectivity index is 1.86. The highest BCUT2D eigenvalue weighted by atomic mass is 16.2. The van der Waals surface area contributed by atoms with Gasteiger partial charge in [-0.1, -0.05) is 23.8 Å². The molecule has 1 aromatic rings. The van der Waals surface area contributed by atoms with Crippen LogP contribution in [0.4, 0.5) is 0 Å². The Morgan fingerprint density at radius 3 is 2.63 bits per heavy atom. The second-order valence-electron chi connectivity index (χ2n) is 5.87. The molecule has 0 saturated heterocycles. The maximum atomic E-state index is 12.1. The van der Waals surface area contributed by atoms with Gasteiger partial charge in [-0.3, -0.25) is 4.79 Å². The van der Waals surface area contributed by atoms with Gasteiger partial charge in [0.1, 0.15) is 0 Å². The van der Waals surface area contributed by atoms with Crippen LogP contribution in [0.25, 0.3) is 0 Å². The van der Waals surface area contributed by atoms with E-state index in [1.54, 1.807) is 0 Å². The van der Waals surface area contributed by atoms with Crippen molar-refractivity contribution in [2.24, 2.45) is 11.7 Å². The number of hydrogen-bond acceptors (Lipinski definition) is 2. The van der Waals surface area contributed by atoms with Crippen molar-refractivity contribution in [3.63, 3.8) is 0 Å². The minimum absolute atomic E-state index is 0.166. The molecule has 1 saturated carbocycles. The van der Waals surface area contributed by atoms with Crippen LogP contribution in [-0.2, 0) is 11.2 Å². The maximum Gasteiger partial charge on any atom is 0.225 e. The SMILES string of the molecule is Cc1ccc(CCN(C)C(=O)C2CC(N)C2)c(C)c1. The second kappa shape index (κ2) is 5.74. The molecule has 0 radical (unpaired) electrons. The first-order chi connectivity index (χ1) is 8.97. The lowest BCUT2D eigenvalue weighted by molar-refractivity contribution is -0.137. The summed E-state index contributed by atoms with van der Waals surface area (Å²) in [7, 11) is 1.90. The Kier molecular flexibility index (Phi) is 4.25. The van der Waals surface area contributed by atoms with E-state index in [1.165, 1.54) is 16.7 Å². The molecule has 0 atom stereocenters. The average molecular weight is 260 g/mol. The molecule has 1 aromatic carbocycles. The van der Waals surface area contributed by atoms with E-state index in [4.69, 9.17) is 5.73 Å². The highest BCUT2D eigenvalue weighted by Gasteiger charge is 2.33. The standard InChI is InChI=1S/C16H24N2O/c1-11-4-5-13(12(2)8-11)6-7-18(3)16(19)14-9-15(17)10-14/h4-5,8,14-15H,6-7,9-10,17H2,1-3H3. The van der Waals surface area contributed by atoms with E-state index in [0.29, 0.717) is 0 Å². The highest BCUT2D eigenvalue weighted by molar-refractivity contribution is 5.79. The van der Waals surface area contributed by atoms with Crippen LogP contribution in [0.5, 0.6) is 0 Å². The lowest BCUT2D eigenvalue weighted by atomic mass is 9.80. The van der Waals surface area contributed by atoms with Crippen LogP contribution in [0.15, 0.2) is 18.2 Å². The van der Waals surface area contributed by atoms with Crippen molar-refractivity contribution < 1.29 is 4.79 Å². The Morgan fingerprint density at radius 2 is 2.05 bits per heavy atom. The number of aryl methyl sites for hydroxylation is 2. The van der Waals surface area contributed by atoms with Gasteiger partial charge in [0.15, 0.2) is 0 Å². The minimum atomic E-state index is 0.166. The first kappa shape index (κ1) is 14.1. The van der Waals surface area contributed by atoms with Crippen LogP contribution < -0.4 is 5.73 Å². The molecule has 0 unspecified atom stereocenters. The smallest absolute Gasteiger partial charge is 0.225 e. The summed E-state index contributed by atoms with van der Waals surface area (Å²) in [5.41, 5.74) is 9.66. The van der Waals surface area contributed by atoms with E-state index in [9.17, 15) is 4.79 Å². The third-order valence-electron chi connectivity index (χ3n) is 4.11. The third-order valence-corrected chi connectivity index (χ3v) is 4.11. The molecular formula is C16H24N2O. The summed E-state index contributed by atoms with van der Waals surface area (Å²) in [6.45, 7) is 5.02. The summed E-state index contributed by atoms with van der Waals surface area (Å²) >= 11 is 0. The summed E-state index contributed by atoms with van der Waals surface area (Å²) in [5.74, 6) is 0.422. The van der Waals surface area contributed by atoms with Crippen LogP contribution in [0.1, 0.15) is 29.5 Å². The van der Waals surface area contributed by atoms with Gasteiger partial charge in [-0.2, -0.15) is 0 Å². The van der Waals surface area contributed by atoms with Crippen LogP contribution in [0.3, 0.4) is 0 Å². The van der Waals surface area contributed by atoms with Gasteiger partial charge in [-0.15, -0.1) is 0 Å². The lowest BCUT2D eigenvalue weighted by Gasteiger charge is -2.34. The molecule has 0 aromatic heterocycles. The zero-order valence-electron chi connectivity index (χ0n) is 12.1. The Morgan fingerprint density at radius 1 is 1.37 bits per heavy atom. The fourth-order valence-corrected chi connectivity index (χ4v) is 2.70. The van der Waals surface area contributed by atoms with Crippen molar-refractivity contribution in [1.82, 2.24) is 4.90 Å². The number of rotatable bonds is 4. The summed E-state index contributed by atoms with van der Waals surface area (Å²) in [6, 6.07) is 6.74. The Bertz CT molecular complexity index is 464. The fraction of sp³-hybridized carbons (Fsp3) is 0.562. The molecule has 1 aliphatic carbocycles. The van der Waals surface area contributed by atoms with E-state index in [2.05, 4.69) is 32.0 Å². The molecule has 0 aliphatic heterocycles. The van der Waals surface area contributed by atoms with Gasteiger partial charge >= 0.3 is 0 Å². The van der Waals surface area contributed by atoms with Crippen molar-refractivity contribution in [2.75, 3.05) is 13.6 Å². The topological polar surface area (TPSA) is 46.3 Å². The van der Waals surface area contributed by atoms with E-state index in [1.807, 2.05) is 11.9 Å². The molecule has 0 spiro atoms. The van der Waals surface area contributed by atoms with Gasteiger partial charge in [-0.25, -0.2) is 0 Å². The predicted molar refractivity (Wildman–Crippen MR) is 78.0 cm³/mol. The van der Waals surface area contributed by atoms with Crippen LogP contribution in [0.2, 0.25) is 0 Å². The molecule has 2 N–H and O–H groups in total. The highest BCUT2D eigenvalue weighted by Crippen LogP contribution is 2.27. The lowest BCUT2D eigenvalue weighted by Crippen LogP contribution is -2.46. The number of carbonyl (C=O) groups is 1. The molecule has 3 heteroatoms. The van der Waals surface area contributed by atoms with Crippen molar-refractivity contribution >= 4 is 5.91 Å². The molecule has 3 nitrogen and oxygen atoms in total. The minimum Gasteiger partial charge on any atom is -0.345 e. The number of benzene rings is 1. The van der Waals surface area contributed by atoms with Crippen LogP contribution in [0, 0.1) is 19.8 Å². The molecular weight excluding hydrogens is 236 g/mol. The normalized spacial score (nSPS) is 21.9. The van der Waals surface area contributed by atoms with Crippen LogP contribution in [-0.4, -0.2) is 30.4 Å². The first-order valence-electron chi connectivity index (χ1n) is 7.04. The molecule has 104 valence electrons. The summed E-state index contributed by atoms with van der Waals surface area (Å²) in [5, 5.41) is 0. The third kappa shape index (κ3) is 3.35.